The van der Waals surface area contributed by atoms with Gasteiger partial charge >= 0.3 is 0 Å². The lowest BCUT2D eigenvalue weighted by Gasteiger charge is -2.19. The first-order valence-corrected chi connectivity index (χ1v) is 7.17. The second-order valence-electron chi connectivity index (χ2n) is 5.65. The van der Waals surface area contributed by atoms with Crippen molar-refractivity contribution in [3.63, 3.8) is 0 Å². The Balaban J connectivity index is 0. The molecule has 0 fully saturated rings. The topological polar surface area (TPSA) is 38.3 Å². The Morgan fingerprint density at radius 3 is 1.72 bits per heavy atom. The fourth-order valence-corrected chi connectivity index (χ4v) is 1.44. The summed E-state index contributed by atoms with van der Waals surface area (Å²) in [5, 5.41) is 2.76. The maximum Gasteiger partial charge on any atom is 0.246 e. The molecule has 0 unspecified atom stereocenters. The predicted octanol–water partition coefficient (Wildman–Crippen LogP) is 3.91. The number of carbonyl (C=O) groups excluding carboxylic acids is 1. The number of amides is 1. The molecule has 0 bridgehead atoms. The minimum absolute atomic E-state index is 0.0741. The summed E-state index contributed by atoms with van der Waals surface area (Å²) in [4.78, 5) is 10.8. The second-order valence-corrected chi connectivity index (χ2v) is 5.65. The third kappa shape index (κ3) is 20.8. The Bertz CT molecular complexity index is 179. The van der Waals surface area contributed by atoms with E-state index in [1.165, 1.54) is 45.6 Å². The summed E-state index contributed by atoms with van der Waals surface area (Å²) in [6.07, 6.45) is 8.49. The van der Waals surface area contributed by atoms with E-state index in [-0.39, 0.29) is 18.1 Å². The van der Waals surface area contributed by atoms with E-state index in [1.54, 1.807) is 0 Å². The number of hydrogen-bond donors (Lipinski definition) is 1. The van der Waals surface area contributed by atoms with Crippen LogP contribution in [0.5, 0.6) is 0 Å². The largest absolute Gasteiger partial charge is 0.375 e. The minimum Gasteiger partial charge on any atom is -0.375 e. The lowest BCUT2D eigenvalue weighted by atomic mass is 10.1. The van der Waals surface area contributed by atoms with Gasteiger partial charge in [-0.05, 0) is 20.8 Å². The summed E-state index contributed by atoms with van der Waals surface area (Å²) in [6, 6.07) is 0. The normalized spacial score (nSPS) is 10.6. The molecule has 0 aliphatic carbocycles. The van der Waals surface area contributed by atoms with Crippen LogP contribution in [0.2, 0.25) is 0 Å². The van der Waals surface area contributed by atoms with Crippen molar-refractivity contribution in [2.24, 2.45) is 0 Å². The minimum atomic E-state index is -0.157. The molecule has 0 atom stereocenters. The third-order valence-electron chi connectivity index (χ3n) is 2.25. The lowest BCUT2D eigenvalue weighted by Crippen LogP contribution is -2.42. The number of methoxy groups -OCH3 is 1. The van der Waals surface area contributed by atoms with Crippen molar-refractivity contribution in [2.45, 2.75) is 78.7 Å². The first-order valence-electron chi connectivity index (χ1n) is 7.17. The lowest BCUT2D eigenvalue weighted by molar-refractivity contribution is -0.126. The molecule has 0 aliphatic heterocycles. The molecular weight excluding hydrogens is 226 g/mol. The van der Waals surface area contributed by atoms with Gasteiger partial charge < -0.3 is 10.1 Å². The van der Waals surface area contributed by atoms with Gasteiger partial charge in [-0.15, -0.1) is 0 Å². The van der Waals surface area contributed by atoms with Crippen LogP contribution in [0.1, 0.15) is 73.1 Å². The molecule has 18 heavy (non-hydrogen) atoms. The zero-order valence-corrected chi connectivity index (χ0v) is 13.3. The van der Waals surface area contributed by atoms with Gasteiger partial charge in [0.05, 0.1) is 0 Å². The van der Waals surface area contributed by atoms with Gasteiger partial charge in [0.1, 0.15) is 6.61 Å². The van der Waals surface area contributed by atoms with Crippen LogP contribution in [0.4, 0.5) is 0 Å². The summed E-state index contributed by atoms with van der Waals surface area (Å²) in [6.45, 7) is 10.4. The van der Waals surface area contributed by atoms with Crippen LogP contribution in [0.3, 0.4) is 0 Å². The smallest absolute Gasteiger partial charge is 0.246 e. The Morgan fingerprint density at radius 1 is 1.00 bits per heavy atom. The molecule has 0 radical (unpaired) electrons. The molecule has 0 rings (SSSR count). The third-order valence-corrected chi connectivity index (χ3v) is 2.25. The molecular formula is C15H33NO2. The van der Waals surface area contributed by atoms with Crippen molar-refractivity contribution < 1.29 is 9.53 Å². The highest BCUT2D eigenvalue weighted by molar-refractivity contribution is 5.77. The molecule has 0 aromatic heterocycles. The first-order chi connectivity index (χ1) is 8.37. The number of ether oxygens (including phenoxy) is 1. The van der Waals surface area contributed by atoms with Crippen molar-refractivity contribution in [3.05, 3.63) is 0 Å². The van der Waals surface area contributed by atoms with Crippen molar-refractivity contribution in [2.75, 3.05) is 13.7 Å². The number of unbranched alkanes of at least 4 members (excludes halogenated alkanes) is 5. The highest BCUT2D eigenvalue weighted by Gasteiger charge is 2.12. The highest BCUT2D eigenvalue weighted by Crippen LogP contribution is 2.03. The quantitative estimate of drug-likeness (QED) is 0.704. The van der Waals surface area contributed by atoms with Crippen LogP contribution in [-0.2, 0) is 9.53 Å². The van der Waals surface area contributed by atoms with Crippen LogP contribution < -0.4 is 5.32 Å². The predicted molar refractivity (Wildman–Crippen MR) is 78.8 cm³/mol. The zero-order valence-electron chi connectivity index (χ0n) is 13.3. The van der Waals surface area contributed by atoms with Gasteiger partial charge in [-0.2, -0.15) is 0 Å². The fraction of sp³-hybridized carbons (Fsp3) is 0.933. The maximum atomic E-state index is 10.8. The van der Waals surface area contributed by atoms with Crippen molar-refractivity contribution in [3.8, 4) is 0 Å². The molecule has 0 saturated carbocycles. The van der Waals surface area contributed by atoms with Crippen LogP contribution in [0.15, 0.2) is 0 Å². The van der Waals surface area contributed by atoms with Crippen molar-refractivity contribution in [1.29, 1.82) is 0 Å². The van der Waals surface area contributed by atoms with Crippen molar-refractivity contribution in [1.82, 2.24) is 5.32 Å². The van der Waals surface area contributed by atoms with Gasteiger partial charge in [0.15, 0.2) is 0 Å². The molecule has 0 spiro atoms. The van der Waals surface area contributed by atoms with Gasteiger partial charge in [0.25, 0.3) is 0 Å². The van der Waals surface area contributed by atoms with Crippen LogP contribution in [0.25, 0.3) is 0 Å². The van der Waals surface area contributed by atoms with E-state index in [4.69, 9.17) is 0 Å². The van der Waals surface area contributed by atoms with Gasteiger partial charge in [-0.1, -0.05) is 52.4 Å². The Kier molecular flexibility index (Phi) is 14.1. The molecule has 3 nitrogen and oxygen atoms in total. The van der Waals surface area contributed by atoms with E-state index >= 15 is 0 Å². The molecule has 0 aromatic carbocycles. The van der Waals surface area contributed by atoms with Gasteiger partial charge in [-0.25, -0.2) is 0 Å². The van der Waals surface area contributed by atoms with Gasteiger partial charge in [0, 0.05) is 12.6 Å². The molecule has 1 amide bonds. The molecule has 0 aromatic rings. The molecule has 0 saturated heterocycles. The van der Waals surface area contributed by atoms with Crippen molar-refractivity contribution >= 4 is 5.91 Å². The summed E-state index contributed by atoms with van der Waals surface area (Å²) in [5.74, 6) is -0.0741. The molecule has 110 valence electrons. The Labute approximate surface area is 114 Å². The summed E-state index contributed by atoms with van der Waals surface area (Å²) >= 11 is 0. The maximum absolute atomic E-state index is 10.8. The van der Waals surface area contributed by atoms with Crippen LogP contribution in [0, 0.1) is 0 Å². The average Bonchev–Trinajstić information content (AvgIpc) is 2.23. The molecule has 0 aliphatic rings. The van der Waals surface area contributed by atoms with Gasteiger partial charge in [0.2, 0.25) is 5.91 Å². The number of rotatable bonds is 7. The molecule has 0 heterocycles. The monoisotopic (exact) mass is 259 g/mol. The summed E-state index contributed by atoms with van der Waals surface area (Å²) in [5.41, 5.74) is -0.157. The number of carbonyl (C=O) groups is 1. The molecule has 3 heteroatoms. The van der Waals surface area contributed by atoms with E-state index in [0.717, 1.165) is 0 Å². The van der Waals surface area contributed by atoms with E-state index < -0.39 is 0 Å². The first kappa shape index (κ1) is 19.8. The summed E-state index contributed by atoms with van der Waals surface area (Å²) < 4.78 is 4.64. The Morgan fingerprint density at radius 2 is 1.44 bits per heavy atom. The standard InChI is InChI=1S/C8H18.C7H15NO2/c1-3-5-7-8-6-4-2;1-7(2,3)8-6(9)5-10-4/h3-8H2,1-2H3;5H2,1-4H3,(H,8,9). The number of nitrogens with one attached hydrogen (secondary N) is 1. The fourth-order valence-electron chi connectivity index (χ4n) is 1.44. The van der Waals surface area contributed by atoms with E-state index in [1.807, 2.05) is 20.8 Å². The molecule has 1 N–H and O–H groups in total. The van der Waals surface area contributed by atoms with E-state index in [9.17, 15) is 4.79 Å². The van der Waals surface area contributed by atoms with E-state index in [0.29, 0.717) is 0 Å². The second kappa shape index (κ2) is 12.9. The average molecular weight is 259 g/mol. The Hall–Kier alpha value is -0.570. The van der Waals surface area contributed by atoms with E-state index in [2.05, 4.69) is 23.9 Å². The van der Waals surface area contributed by atoms with Crippen LogP contribution in [-0.4, -0.2) is 25.2 Å². The zero-order chi connectivity index (χ0) is 14.4. The SMILES string of the molecule is CCCCCCCC.COCC(=O)NC(C)(C)C. The highest BCUT2D eigenvalue weighted by atomic mass is 16.5. The number of hydrogen-bond acceptors (Lipinski definition) is 2. The van der Waals surface area contributed by atoms with Crippen LogP contribution >= 0.6 is 0 Å². The van der Waals surface area contributed by atoms with Gasteiger partial charge in [-0.3, -0.25) is 4.79 Å². The summed E-state index contributed by atoms with van der Waals surface area (Å²) in [7, 11) is 1.50.